The molecule has 0 radical (unpaired) electrons. The second kappa shape index (κ2) is 8.84. The highest BCUT2D eigenvalue weighted by Crippen LogP contribution is 2.34. The largest absolute Gasteiger partial charge is 0.467 e. The molecule has 0 saturated carbocycles. The zero-order valence-corrected chi connectivity index (χ0v) is 18.0. The van der Waals surface area contributed by atoms with Gasteiger partial charge in [-0.05, 0) is 41.8 Å². The van der Waals surface area contributed by atoms with E-state index in [-0.39, 0.29) is 5.91 Å². The topological polar surface area (TPSA) is 46.3 Å². The first-order valence-corrected chi connectivity index (χ1v) is 11.3. The molecule has 0 saturated heterocycles. The van der Waals surface area contributed by atoms with E-state index < -0.39 is 0 Å². The van der Waals surface area contributed by atoms with Crippen molar-refractivity contribution in [2.45, 2.75) is 31.2 Å². The minimum Gasteiger partial charge on any atom is -0.467 e. The van der Waals surface area contributed by atoms with Gasteiger partial charge in [0.1, 0.15) is 5.76 Å². The van der Waals surface area contributed by atoms with Crippen LogP contribution in [-0.4, -0.2) is 16.6 Å². The third-order valence-corrected chi connectivity index (χ3v) is 6.63. The lowest BCUT2D eigenvalue weighted by Crippen LogP contribution is -2.31. The molecule has 0 spiro atoms. The number of amides is 1. The molecule has 4 nitrogen and oxygen atoms in total. The predicted molar refractivity (Wildman–Crippen MR) is 121 cm³/mol. The molecule has 4 aromatic rings. The van der Waals surface area contributed by atoms with Gasteiger partial charge in [-0.2, -0.15) is 0 Å². The van der Waals surface area contributed by atoms with E-state index in [2.05, 4.69) is 32.0 Å². The second-order valence-corrected chi connectivity index (χ2v) is 9.06. The molecule has 148 valence electrons. The van der Waals surface area contributed by atoms with Gasteiger partial charge in [-0.25, -0.2) is 4.98 Å². The van der Waals surface area contributed by atoms with E-state index in [0.717, 1.165) is 20.9 Å². The summed E-state index contributed by atoms with van der Waals surface area (Å²) in [6.45, 7) is 4.70. The lowest BCUT2D eigenvalue weighted by molar-refractivity contribution is -0.116. The Hall–Kier alpha value is -2.57. The Kier molecular flexibility index (Phi) is 6.02. The molecule has 6 heteroatoms. The number of carbonyl (C=O) groups is 1. The van der Waals surface area contributed by atoms with E-state index >= 15 is 0 Å². The predicted octanol–water partition coefficient (Wildman–Crippen LogP) is 6.34. The van der Waals surface area contributed by atoms with Crippen molar-refractivity contribution in [1.82, 2.24) is 4.98 Å². The standard InChI is InChI=1S/C23H22N2O2S2/c1-16(2)19-11-6-12-20-22(19)24-23(29-20)25(14-17-8-7-13-27-17)21(26)15-28-18-9-4-3-5-10-18/h3-13,16H,14-15H2,1-2H3. The minimum atomic E-state index is 0.0143. The summed E-state index contributed by atoms with van der Waals surface area (Å²) in [6.07, 6.45) is 1.63. The summed E-state index contributed by atoms with van der Waals surface area (Å²) in [6, 6.07) is 19.9. The lowest BCUT2D eigenvalue weighted by atomic mass is 10.0. The smallest absolute Gasteiger partial charge is 0.239 e. The molecular formula is C23H22N2O2S2. The summed E-state index contributed by atoms with van der Waals surface area (Å²) >= 11 is 3.09. The molecule has 2 aromatic heterocycles. The van der Waals surface area contributed by atoms with Crippen LogP contribution in [0.1, 0.15) is 31.1 Å². The number of para-hydroxylation sites is 1. The van der Waals surface area contributed by atoms with Gasteiger partial charge < -0.3 is 4.42 Å². The number of fused-ring (bicyclic) bond motifs is 1. The van der Waals surface area contributed by atoms with E-state index in [4.69, 9.17) is 9.40 Å². The molecular weight excluding hydrogens is 400 g/mol. The van der Waals surface area contributed by atoms with Crippen LogP contribution in [0.4, 0.5) is 5.13 Å². The number of carbonyl (C=O) groups excluding carboxylic acids is 1. The Labute approximate surface area is 178 Å². The molecule has 0 N–H and O–H groups in total. The first kappa shape index (κ1) is 19.7. The van der Waals surface area contributed by atoms with Gasteiger partial charge in [0.05, 0.1) is 28.8 Å². The van der Waals surface area contributed by atoms with Gasteiger partial charge in [-0.3, -0.25) is 9.69 Å². The summed E-state index contributed by atoms with van der Waals surface area (Å²) in [7, 11) is 0. The molecule has 29 heavy (non-hydrogen) atoms. The maximum atomic E-state index is 13.2. The van der Waals surface area contributed by atoms with Gasteiger partial charge >= 0.3 is 0 Å². The van der Waals surface area contributed by atoms with Crippen molar-refractivity contribution in [2.24, 2.45) is 0 Å². The fourth-order valence-electron chi connectivity index (χ4n) is 3.10. The van der Waals surface area contributed by atoms with E-state index in [1.54, 1.807) is 22.5 Å². The zero-order valence-electron chi connectivity index (χ0n) is 16.4. The van der Waals surface area contributed by atoms with Crippen molar-refractivity contribution in [1.29, 1.82) is 0 Å². The Morgan fingerprint density at radius 1 is 1.10 bits per heavy atom. The van der Waals surface area contributed by atoms with Crippen molar-refractivity contribution in [3.63, 3.8) is 0 Å². The number of thioether (sulfide) groups is 1. The first-order chi connectivity index (χ1) is 14.1. The Morgan fingerprint density at radius 2 is 1.93 bits per heavy atom. The number of benzene rings is 2. The number of hydrogen-bond acceptors (Lipinski definition) is 5. The fourth-order valence-corrected chi connectivity index (χ4v) is 4.91. The number of thiazole rings is 1. The highest BCUT2D eigenvalue weighted by molar-refractivity contribution is 8.00. The summed E-state index contributed by atoms with van der Waals surface area (Å²) in [5.74, 6) is 1.47. The van der Waals surface area contributed by atoms with Gasteiger partial charge in [0, 0.05) is 4.90 Å². The summed E-state index contributed by atoms with van der Waals surface area (Å²) in [4.78, 5) is 20.8. The summed E-state index contributed by atoms with van der Waals surface area (Å²) < 4.78 is 6.61. The minimum absolute atomic E-state index is 0.0143. The van der Waals surface area contributed by atoms with Crippen molar-refractivity contribution < 1.29 is 9.21 Å². The molecule has 0 unspecified atom stereocenters. The summed E-state index contributed by atoms with van der Waals surface area (Å²) in [5, 5.41) is 0.711. The van der Waals surface area contributed by atoms with Crippen LogP contribution in [0, 0.1) is 0 Å². The van der Waals surface area contributed by atoms with E-state index in [0.29, 0.717) is 23.3 Å². The van der Waals surface area contributed by atoms with Crippen LogP contribution in [0.3, 0.4) is 0 Å². The highest BCUT2D eigenvalue weighted by Gasteiger charge is 2.22. The van der Waals surface area contributed by atoms with Crippen LogP contribution < -0.4 is 4.90 Å². The van der Waals surface area contributed by atoms with Crippen molar-refractivity contribution in [3.8, 4) is 0 Å². The molecule has 0 aliphatic rings. The average molecular weight is 423 g/mol. The number of furan rings is 1. The quantitative estimate of drug-likeness (QED) is 0.326. The highest BCUT2D eigenvalue weighted by atomic mass is 32.2. The molecule has 0 aliphatic heterocycles. The number of anilines is 1. The van der Waals surface area contributed by atoms with Crippen molar-refractivity contribution >= 4 is 44.4 Å². The van der Waals surface area contributed by atoms with Gasteiger partial charge in [0.15, 0.2) is 5.13 Å². The second-order valence-electron chi connectivity index (χ2n) is 7.01. The maximum Gasteiger partial charge on any atom is 0.239 e. The number of nitrogens with zero attached hydrogens (tertiary/aromatic N) is 2. The van der Waals surface area contributed by atoms with Crippen LogP contribution >= 0.6 is 23.1 Å². The monoisotopic (exact) mass is 422 g/mol. The molecule has 0 bridgehead atoms. The molecule has 0 atom stereocenters. The molecule has 1 amide bonds. The zero-order chi connectivity index (χ0) is 20.2. The van der Waals surface area contributed by atoms with Crippen LogP contribution in [0.25, 0.3) is 10.2 Å². The van der Waals surface area contributed by atoms with Crippen LogP contribution in [0.15, 0.2) is 76.2 Å². The van der Waals surface area contributed by atoms with Crippen LogP contribution in [-0.2, 0) is 11.3 Å². The van der Waals surface area contributed by atoms with E-state index in [9.17, 15) is 4.79 Å². The van der Waals surface area contributed by atoms with Crippen LogP contribution in [0.2, 0.25) is 0 Å². The number of hydrogen-bond donors (Lipinski definition) is 0. The van der Waals surface area contributed by atoms with Gasteiger partial charge in [0.25, 0.3) is 0 Å². The molecule has 0 fully saturated rings. The maximum absolute atomic E-state index is 13.2. The van der Waals surface area contributed by atoms with Gasteiger partial charge in [-0.1, -0.05) is 55.5 Å². The lowest BCUT2D eigenvalue weighted by Gasteiger charge is -2.18. The third kappa shape index (κ3) is 4.54. The molecule has 2 aromatic carbocycles. The third-order valence-electron chi connectivity index (χ3n) is 4.59. The van der Waals surface area contributed by atoms with Gasteiger partial charge in [-0.15, -0.1) is 11.8 Å². The number of aromatic nitrogens is 1. The molecule has 0 aliphatic carbocycles. The van der Waals surface area contributed by atoms with Crippen LogP contribution in [0.5, 0.6) is 0 Å². The van der Waals surface area contributed by atoms with E-state index in [1.165, 1.54) is 17.3 Å². The Morgan fingerprint density at radius 3 is 2.66 bits per heavy atom. The van der Waals surface area contributed by atoms with Crippen molar-refractivity contribution in [3.05, 3.63) is 78.3 Å². The van der Waals surface area contributed by atoms with Gasteiger partial charge in [0.2, 0.25) is 5.91 Å². The Balaban J connectivity index is 1.64. The van der Waals surface area contributed by atoms with Crippen molar-refractivity contribution in [2.75, 3.05) is 10.7 Å². The summed E-state index contributed by atoms with van der Waals surface area (Å²) in [5.41, 5.74) is 2.18. The fraction of sp³-hybridized carbons (Fsp3) is 0.217. The normalized spacial score (nSPS) is 11.3. The van der Waals surface area contributed by atoms with E-state index in [1.807, 2.05) is 42.5 Å². The number of rotatable bonds is 7. The molecule has 2 heterocycles. The average Bonchev–Trinajstić information content (AvgIpc) is 3.40. The Bertz CT molecular complexity index is 1090. The SMILES string of the molecule is CC(C)c1cccc2sc(N(Cc3ccco3)C(=O)CSc3ccccc3)nc12. The molecule has 4 rings (SSSR count). The first-order valence-electron chi connectivity index (χ1n) is 9.52.